The Bertz CT molecular complexity index is 581. The predicted molar refractivity (Wildman–Crippen MR) is 102 cm³/mol. The molecule has 1 N–H and O–H groups in total. The van der Waals surface area contributed by atoms with Gasteiger partial charge in [-0.15, -0.1) is 0 Å². The van der Waals surface area contributed by atoms with Crippen molar-refractivity contribution in [1.29, 1.82) is 0 Å². The van der Waals surface area contributed by atoms with E-state index in [0.29, 0.717) is 19.8 Å². The number of guanidine groups is 1. The third-order valence-electron chi connectivity index (χ3n) is 4.25. The summed E-state index contributed by atoms with van der Waals surface area (Å²) in [6, 6.07) is 7.98. The highest BCUT2D eigenvalue weighted by Gasteiger charge is 2.20. The number of amides is 1. The van der Waals surface area contributed by atoms with E-state index in [4.69, 9.17) is 14.5 Å². The molecule has 0 aromatic heterocycles. The molecule has 7 nitrogen and oxygen atoms in total. The first-order valence-corrected chi connectivity index (χ1v) is 9.13. The monoisotopic (exact) mass is 362 g/mol. The molecule has 0 unspecified atom stereocenters. The molecule has 0 spiro atoms. The first-order chi connectivity index (χ1) is 12.6. The molecule has 1 heterocycles. The van der Waals surface area contributed by atoms with Crippen LogP contribution in [0.4, 0.5) is 0 Å². The number of carbonyl (C=O) groups excluding carboxylic acids is 1. The van der Waals surface area contributed by atoms with Gasteiger partial charge in [0.05, 0.1) is 13.2 Å². The van der Waals surface area contributed by atoms with Gasteiger partial charge in [-0.3, -0.25) is 4.79 Å². The van der Waals surface area contributed by atoms with E-state index in [1.807, 2.05) is 29.2 Å². The van der Waals surface area contributed by atoms with E-state index in [0.717, 1.165) is 50.0 Å². The number of piperazine rings is 1. The van der Waals surface area contributed by atoms with Gasteiger partial charge in [0.15, 0.2) is 5.96 Å². The first kappa shape index (κ1) is 20.0. The van der Waals surface area contributed by atoms with Crippen LogP contribution in [0.15, 0.2) is 29.3 Å². The molecule has 1 aliphatic heterocycles. The fourth-order valence-electron chi connectivity index (χ4n) is 2.76. The van der Waals surface area contributed by atoms with Crippen LogP contribution in [0.2, 0.25) is 0 Å². The molecule has 26 heavy (non-hydrogen) atoms. The molecular weight excluding hydrogens is 332 g/mol. The molecular formula is C19H30N4O3. The Morgan fingerprint density at radius 1 is 1.12 bits per heavy atom. The number of rotatable bonds is 7. The van der Waals surface area contributed by atoms with Crippen molar-refractivity contribution >= 4 is 11.9 Å². The maximum Gasteiger partial charge on any atom is 0.219 e. The summed E-state index contributed by atoms with van der Waals surface area (Å²) in [6.07, 6.45) is 0. The average molecular weight is 362 g/mol. The van der Waals surface area contributed by atoms with E-state index in [-0.39, 0.29) is 5.91 Å². The number of nitrogens with one attached hydrogen (secondary N) is 1. The molecule has 1 fully saturated rings. The van der Waals surface area contributed by atoms with Crippen molar-refractivity contribution in [3.05, 3.63) is 29.8 Å². The summed E-state index contributed by atoms with van der Waals surface area (Å²) in [5.74, 6) is 1.87. The second-order valence-corrected chi connectivity index (χ2v) is 6.15. The quantitative estimate of drug-likeness (QED) is 0.450. The van der Waals surface area contributed by atoms with Crippen LogP contribution >= 0.6 is 0 Å². The summed E-state index contributed by atoms with van der Waals surface area (Å²) in [6.45, 7) is 9.33. The molecule has 0 atom stereocenters. The predicted octanol–water partition coefficient (Wildman–Crippen LogP) is 1.34. The zero-order chi connectivity index (χ0) is 18.8. The number of nitrogens with zero attached hydrogens (tertiary/aromatic N) is 3. The average Bonchev–Trinajstić information content (AvgIpc) is 2.66. The maximum atomic E-state index is 11.5. The van der Waals surface area contributed by atoms with E-state index < -0.39 is 0 Å². The van der Waals surface area contributed by atoms with Crippen molar-refractivity contribution < 1.29 is 14.3 Å². The van der Waals surface area contributed by atoms with Gasteiger partial charge in [0, 0.05) is 46.8 Å². The van der Waals surface area contributed by atoms with Crippen LogP contribution in [0.25, 0.3) is 0 Å². The molecule has 7 heteroatoms. The Hall–Kier alpha value is -2.28. The van der Waals surface area contributed by atoms with Crippen LogP contribution in [-0.2, 0) is 16.1 Å². The fraction of sp³-hybridized carbons (Fsp3) is 0.579. The van der Waals surface area contributed by atoms with Gasteiger partial charge < -0.3 is 24.6 Å². The van der Waals surface area contributed by atoms with Gasteiger partial charge in [-0.2, -0.15) is 0 Å². The van der Waals surface area contributed by atoms with Crippen LogP contribution < -0.4 is 10.1 Å². The molecule has 2 rings (SSSR count). The third-order valence-corrected chi connectivity index (χ3v) is 4.25. The van der Waals surface area contributed by atoms with Crippen LogP contribution in [-0.4, -0.2) is 74.7 Å². The lowest BCUT2D eigenvalue weighted by Crippen LogP contribution is -2.53. The molecule has 0 aliphatic carbocycles. The van der Waals surface area contributed by atoms with E-state index in [1.54, 1.807) is 14.0 Å². The topological polar surface area (TPSA) is 66.4 Å². The molecule has 1 amide bonds. The SMILES string of the molecule is CCNC(=NCc1ccc(OCCOC)cc1)N1CCN(C(C)=O)CC1. The number of aliphatic imine (C=N–C) groups is 1. The second-order valence-electron chi connectivity index (χ2n) is 6.15. The summed E-state index contributed by atoms with van der Waals surface area (Å²) < 4.78 is 10.6. The summed E-state index contributed by atoms with van der Waals surface area (Å²) in [7, 11) is 1.66. The highest BCUT2D eigenvalue weighted by molar-refractivity contribution is 5.80. The number of hydrogen-bond donors (Lipinski definition) is 1. The maximum absolute atomic E-state index is 11.5. The first-order valence-electron chi connectivity index (χ1n) is 9.13. The van der Waals surface area contributed by atoms with Crippen molar-refractivity contribution in [2.75, 3.05) is 53.0 Å². The van der Waals surface area contributed by atoms with Gasteiger partial charge in [0.1, 0.15) is 12.4 Å². The Labute approximate surface area is 156 Å². The summed E-state index contributed by atoms with van der Waals surface area (Å²) in [4.78, 5) is 20.3. The van der Waals surface area contributed by atoms with Gasteiger partial charge in [-0.1, -0.05) is 12.1 Å². The van der Waals surface area contributed by atoms with Crippen molar-refractivity contribution in [2.45, 2.75) is 20.4 Å². The minimum Gasteiger partial charge on any atom is -0.491 e. The molecule has 1 aromatic carbocycles. The molecule has 1 aromatic rings. The second kappa shape index (κ2) is 10.7. The van der Waals surface area contributed by atoms with Crippen molar-refractivity contribution in [3.63, 3.8) is 0 Å². The molecule has 1 saturated heterocycles. The zero-order valence-corrected chi connectivity index (χ0v) is 16.0. The highest BCUT2D eigenvalue weighted by atomic mass is 16.5. The van der Waals surface area contributed by atoms with Gasteiger partial charge in [0.25, 0.3) is 0 Å². The lowest BCUT2D eigenvalue weighted by Gasteiger charge is -2.36. The van der Waals surface area contributed by atoms with E-state index in [9.17, 15) is 4.79 Å². The number of methoxy groups -OCH3 is 1. The van der Waals surface area contributed by atoms with Gasteiger partial charge >= 0.3 is 0 Å². The third kappa shape index (κ3) is 6.22. The zero-order valence-electron chi connectivity index (χ0n) is 16.0. The largest absolute Gasteiger partial charge is 0.491 e. The van der Waals surface area contributed by atoms with E-state index in [1.165, 1.54) is 0 Å². The summed E-state index contributed by atoms with van der Waals surface area (Å²) >= 11 is 0. The lowest BCUT2D eigenvalue weighted by molar-refractivity contribution is -0.130. The van der Waals surface area contributed by atoms with Crippen LogP contribution in [0, 0.1) is 0 Å². The van der Waals surface area contributed by atoms with E-state index in [2.05, 4.69) is 17.1 Å². The van der Waals surface area contributed by atoms with Crippen LogP contribution in [0.1, 0.15) is 19.4 Å². The molecule has 0 radical (unpaired) electrons. The van der Waals surface area contributed by atoms with Crippen LogP contribution in [0.5, 0.6) is 5.75 Å². The summed E-state index contributed by atoms with van der Waals surface area (Å²) in [5, 5.41) is 3.35. The Morgan fingerprint density at radius 3 is 2.35 bits per heavy atom. The minimum atomic E-state index is 0.138. The highest BCUT2D eigenvalue weighted by Crippen LogP contribution is 2.13. The van der Waals surface area contributed by atoms with Gasteiger partial charge in [-0.05, 0) is 24.6 Å². The van der Waals surface area contributed by atoms with Gasteiger partial charge in [0.2, 0.25) is 5.91 Å². The fourth-order valence-corrected chi connectivity index (χ4v) is 2.76. The number of carbonyl (C=O) groups is 1. The normalized spacial score (nSPS) is 15.1. The lowest BCUT2D eigenvalue weighted by atomic mass is 10.2. The molecule has 144 valence electrons. The number of ether oxygens (including phenoxy) is 2. The van der Waals surface area contributed by atoms with Crippen molar-refractivity contribution in [3.8, 4) is 5.75 Å². The Kier molecular flexibility index (Phi) is 8.21. The minimum absolute atomic E-state index is 0.138. The number of benzene rings is 1. The van der Waals surface area contributed by atoms with Crippen molar-refractivity contribution in [1.82, 2.24) is 15.1 Å². The standard InChI is InChI=1S/C19H30N4O3/c1-4-20-19(23-11-9-22(10-12-23)16(2)24)21-15-17-5-7-18(8-6-17)26-14-13-25-3/h5-8H,4,9-15H2,1-3H3,(H,20,21). The molecule has 0 saturated carbocycles. The van der Waals surface area contributed by atoms with Crippen LogP contribution in [0.3, 0.4) is 0 Å². The Balaban J connectivity index is 1.91. The van der Waals surface area contributed by atoms with Gasteiger partial charge in [-0.25, -0.2) is 4.99 Å². The summed E-state index contributed by atoms with van der Waals surface area (Å²) in [5.41, 5.74) is 1.13. The Morgan fingerprint density at radius 2 is 1.77 bits per heavy atom. The number of hydrogen-bond acceptors (Lipinski definition) is 4. The molecule has 1 aliphatic rings. The molecule has 0 bridgehead atoms. The smallest absolute Gasteiger partial charge is 0.219 e. The van der Waals surface area contributed by atoms with E-state index >= 15 is 0 Å². The van der Waals surface area contributed by atoms with Crippen molar-refractivity contribution in [2.24, 2.45) is 4.99 Å².